The number of carbonyl (C=O) groups excluding carboxylic acids is 1. The molecule has 0 atom stereocenters. The Balaban J connectivity index is 2.05. The van der Waals surface area contributed by atoms with E-state index < -0.39 is 16.3 Å². The summed E-state index contributed by atoms with van der Waals surface area (Å²) in [6, 6.07) is 4.10. The molecule has 3 rings (SSSR count). The Kier molecular flexibility index (Phi) is 2.57. The lowest BCUT2D eigenvalue weighted by Crippen LogP contribution is -2.41. The number of fused-ring (bicyclic) bond motifs is 2. The Hall–Kier alpha value is -2.05. The van der Waals surface area contributed by atoms with Crippen LogP contribution in [-0.2, 0) is 10.2 Å². The zero-order chi connectivity index (χ0) is 14.5. The summed E-state index contributed by atoms with van der Waals surface area (Å²) in [5.41, 5.74) is -0.196. The highest BCUT2D eigenvalue weighted by atomic mass is 19.3. The average molecular weight is 282 g/mol. The largest absolute Gasteiger partial charge is 0.325 e. The van der Waals surface area contributed by atoms with Gasteiger partial charge in [-0.1, -0.05) is 0 Å². The average Bonchev–Trinajstić information content (AvgIpc) is 2.65. The van der Waals surface area contributed by atoms with E-state index in [1.54, 1.807) is 0 Å². The van der Waals surface area contributed by atoms with Crippen LogP contribution < -0.4 is 5.32 Å². The Morgan fingerprint density at radius 1 is 1.20 bits per heavy atom. The van der Waals surface area contributed by atoms with Crippen molar-refractivity contribution in [1.29, 1.82) is 0 Å². The number of hydrogen-bond donors (Lipinski definition) is 1. The molecule has 1 aliphatic heterocycles. The molecule has 1 N–H and O–H groups in total. The third-order valence-corrected chi connectivity index (χ3v) is 4.25. The van der Waals surface area contributed by atoms with Crippen molar-refractivity contribution in [2.24, 2.45) is 0 Å². The highest BCUT2D eigenvalue weighted by Gasteiger charge is 2.53. The number of halogens is 2. The molecular formula is C13H12F2N2O3. The van der Waals surface area contributed by atoms with Gasteiger partial charge < -0.3 is 5.32 Å². The first kappa shape index (κ1) is 13.0. The topological polar surface area (TPSA) is 72.2 Å². The normalized spacial score (nSPS) is 22.4. The molecule has 0 radical (unpaired) electrons. The van der Waals surface area contributed by atoms with Crippen LogP contribution in [0.3, 0.4) is 0 Å². The minimum Gasteiger partial charge on any atom is -0.325 e. The molecule has 1 fully saturated rings. The summed E-state index contributed by atoms with van der Waals surface area (Å²) in [4.78, 5) is 22.5. The summed E-state index contributed by atoms with van der Waals surface area (Å²) in [5.74, 6) is -3.09. The SMILES string of the molecule is O=C1Nc2ccc([N+](=O)[O-])cc2C12CCC(F)(F)CC2. The van der Waals surface area contributed by atoms with Gasteiger partial charge in [0.1, 0.15) is 0 Å². The number of nitro groups is 1. The Morgan fingerprint density at radius 3 is 2.45 bits per heavy atom. The van der Waals surface area contributed by atoms with Crippen molar-refractivity contribution < 1.29 is 18.5 Å². The van der Waals surface area contributed by atoms with Crippen molar-refractivity contribution in [3.8, 4) is 0 Å². The number of nitro benzene ring substituents is 1. The highest BCUT2D eigenvalue weighted by Crippen LogP contribution is 2.51. The molecule has 1 saturated carbocycles. The molecule has 1 aromatic rings. The molecule has 20 heavy (non-hydrogen) atoms. The molecule has 1 amide bonds. The fourth-order valence-corrected chi connectivity index (χ4v) is 3.05. The first-order chi connectivity index (χ1) is 9.34. The van der Waals surface area contributed by atoms with Crippen LogP contribution in [0.4, 0.5) is 20.2 Å². The smallest absolute Gasteiger partial charge is 0.269 e. The summed E-state index contributed by atoms with van der Waals surface area (Å²) < 4.78 is 26.6. The van der Waals surface area contributed by atoms with Gasteiger partial charge in [-0.15, -0.1) is 0 Å². The van der Waals surface area contributed by atoms with Crippen molar-refractivity contribution >= 4 is 17.3 Å². The van der Waals surface area contributed by atoms with Gasteiger partial charge >= 0.3 is 0 Å². The van der Waals surface area contributed by atoms with Crippen LogP contribution in [0, 0.1) is 10.1 Å². The zero-order valence-electron chi connectivity index (χ0n) is 10.5. The molecule has 1 heterocycles. The summed E-state index contributed by atoms with van der Waals surface area (Å²) in [7, 11) is 0. The number of benzene rings is 1. The molecular weight excluding hydrogens is 270 g/mol. The third-order valence-electron chi connectivity index (χ3n) is 4.25. The van der Waals surface area contributed by atoms with Crippen LogP contribution in [0.2, 0.25) is 0 Å². The van der Waals surface area contributed by atoms with E-state index in [9.17, 15) is 23.7 Å². The molecule has 7 heteroatoms. The van der Waals surface area contributed by atoms with E-state index in [1.807, 2.05) is 0 Å². The summed E-state index contributed by atoms with van der Waals surface area (Å²) in [6.07, 6.45) is -0.717. The number of nitrogens with one attached hydrogen (secondary N) is 1. The number of nitrogens with zero attached hydrogens (tertiary/aromatic N) is 1. The molecule has 5 nitrogen and oxygen atoms in total. The van der Waals surface area contributed by atoms with Gasteiger partial charge in [0.25, 0.3) is 5.69 Å². The second-order valence-corrected chi connectivity index (χ2v) is 5.38. The van der Waals surface area contributed by atoms with Gasteiger partial charge in [0, 0.05) is 30.7 Å². The van der Waals surface area contributed by atoms with Gasteiger partial charge in [-0.05, 0) is 24.5 Å². The van der Waals surface area contributed by atoms with E-state index in [1.165, 1.54) is 18.2 Å². The summed E-state index contributed by atoms with van der Waals surface area (Å²) in [5, 5.41) is 13.5. The molecule has 1 spiro atoms. The minimum absolute atomic E-state index is 0.0139. The van der Waals surface area contributed by atoms with Gasteiger partial charge in [0.2, 0.25) is 11.8 Å². The monoisotopic (exact) mass is 282 g/mol. The number of non-ortho nitro benzene ring substituents is 1. The second-order valence-electron chi connectivity index (χ2n) is 5.38. The van der Waals surface area contributed by atoms with E-state index in [0.717, 1.165) is 0 Å². The predicted octanol–water partition coefficient (Wildman–Crippen LogP) is 2.99. The molecule has 0 saturated heterocycles. The fourth-order valence-electron chi connectivity index (χ4n) is 3.05. The quantitative estimate of drug-likeness (QED) is 0.635. The second kappa shape index (κ2) is 3.97. The van der Waals surface area contributed by atoms with Gasteiger partial charge in [-0.25, -0.2) is 8.78 Å². The summed E-state index contributed by atoms with van der Waals surface area (Å²) in [6.45, 7) is 0. The number of rotatable bonds is 1. The van der Waals surface area contributed by atoms with Crippen LogP contribution in [0.25, 0.3) is 0 Å². The summed E-state index contributed by atoms with van der Waals surface area (Å²) >= 11 is 0. The van der Waals surface area contributed by atoms with Crippen molar-refractivity contribution in [2.75, 3.05) is 5.32 Å². The fraction of sp³-hybridized carbons (Fsp3) is 0.462. The maximum Gasteiger partial charge on any atom is 0.269 e. The van der Waals surface area contributed by atoms with Crippen molar-refractivity contribution in [2.45, 2.75) is 37.0 Å². The molecule has 1 aromatic carbocycles. The van der Waals surface area contributed by atoms with E-state index >= 15 is 0 Å². The lowest BCUT2D eigenvalue weighted by molar-refractivity contribution is -0.384. The predicted molar refractivity (Wildman–Crippen MR) is 66.8 cm³/mol. The molecule has 0 bridgehead atoms. The zero-order valence-corrected chi connectivity index (χ0v) is 10.5. The molecule has 0 aromatic heterocycles. The lowest BCUT2D eigenvalue weighted by Gasteiger charge is -2.35. The van der Waals surface area contributed by atoms with E-state index in [2.05, 4.69) is 5.32 Å². The molecule has 0 unspecified atom stereocenters. The number of hydrogen-bond acceptors (Lipinski definition) is 3. The van der Waals surface area contributed by atoms with Gasteiger partial charge in [0.05, 0.1) is 10.3 Å². The maximum absolute atomic E-state index is 13.3. The highest BCUT2D eigenvalue weighted by molar-refractivity contribution is 6.06. The van der Waals surface area contributed by atoms with Crippen molar-refractivity contribution in [3.05, 3.63) is 33.9 Å². The van der Waals surface area contributed by atoms with Crippen LogP contribution in [-0.4, -0.2) is 16.8 Å². The first-order valence-corrected chi connectivity index (χ1v) is 6.32. The number of carbonyl (C=O) groups is 1. The van der Waals surface area contributed by atoms with Crippen LogP contribution in [0.1, 0.15) is 31.2 Å². The van der Waals surface area contributed by atoms with Gasteiger partial charge in [0.15, 0.2) is 0 Å². The Labute approximate surface area is 113 Å². The van der Waals surface area contributed by atoms with Crippen LogP contribution >= 0.6 is 0 Å². The van der Waals surface area contributed by atoms with Crippen LogP contribution in [0.15, 0.2) is 18.2 Å². The van der Waals surface area contributed by atoms with Crippen molar-refractivity contribution in [3.63, 3.8) is 0 Å². The number of amides is 1. The van der Waals surface area contributed by atoms with E-state index in [0.29, 0.717) is 11.3 Å². The van der Waals surface area contributed by atoms with E-state index in [-0.39, 0.29) is 37.3 Å². The molecule has 2 aliphatic rings. The minimum atomic E-state index is -2.75. The lowest BCUT2D eigenvalue weighted by atomic mass is 9.69. The maximum atomic E-state index is 13.3. The van der Waals surface area contributed by atoms with Gasteiger partial charge in [-0.2, -0.15) is 0 Å². The Morgan fingerprint density at radius 2 is 1.85 bits per heavy atom. The van der Waals surface area contributed by atoms with E-state index in [4.69, 9.17) is 0 Å². The van der Waals surface area contributed by atoms with Crippen molar-refractivity contribution in [1.82, 2.24) is 0 Å². The Bertz CT molecular complexity index is 606. The molecule has 1 aliphatic carbocycles. The third kappa shape index (κ3) is 1.76. The standard InChI is InChI=1S/C13H12F2N2O3/c14-13(15)5-3-12(4-6-13)9-7-8(17(19)20)1-2-10(9)16-11(12)18/h1-2,7H,3-6H2,(H,16,18). The number of alkyl halides is 2. The van der Waals surface area contributed by atoms with Gasteiger partial charge in [-0.3, -0.25) is 14.9 Å². The molecule has 106 valence electrons. The first-order valence-electron chi connectivity index (χ1n) is 6.32. The van der Waals surface area contributed by atoms with Crippen LogP contribution in [0.5, 0.6) is 0 Å². The number of anilines is 1.